The molecule has 1 fully saturated rings. The molecule has 3 atom stereocenters. The van der Waals surface area contributed by atoms with Crippen LogP contribution < -0.4 is 0 Å². The van der Waals surface area contributed by atoms with Gasteiger partial charge in [0.25, 0.3) is 0 Å². The Morgan fingerprint density at radius 3 is 2.62 bits per heavy atom. The summed E-state index contributed by atoms with van der Waals surface area (Å²) in [5, 5.41) is 0. The van der Waals surface area contributed by atoms with E-state index >= 15 is 0 Å². The molecular formula is C20H24O6. The topological polar surface area (TPSA) is 71.1 Å². The fourth-order valence-electron chi connectivity index (χ4n) is 3.29. The molecule has 0 bridgehead atoms. The molecule has 0 amide bonds. The zero-order valence-electron chi connectivity index (χ0n) is 15.1. The molecule has 1 aromatic carbocycles. The van der Waals surface area contributed by atoms with E-state index in [9.17, 15) is 9.59 Å². The number of hydrogen-bond donors (Lipinski definition) is 0. The van der Waals surface area contributed by atoms with E-state index in [1.807, 2.05) is 6.07 Å². The molecule has 2 heterocycles. The number of hydrogen-bond acceptors (Lipinski definition) is 6. The quantitative estimate of drug-likeness (QED) is 0.768. The Kier molecular flexibility index (Phi) is 5.61. The number of rotatable bonds is 4. The first-order valence-corrected chi connectivity index (χ1v) is 8.93. The lowest BCUT2D eigenvalue weighted by Crippen LogP contribution is -2.48. The highest BCUT2D eigenvalue weighted by Gasteiger charge is 2.46. The Bertz CT molecular complexity index is 673. The van der Waals surface area contributed by atoms with E-state index in [0.29, 0.717) is 24.5 Å². The van der Waals surface area contributed by atoms with Crippen molar-refractivity contribution < 1.29 is 28.5 Å². The molecule has 140 valence electrons. The first kappa shape index (κ1) is 18.5. The number of esters is 2. The molecule has 0 aliphatic carbocycles. The summed E-state index contributed by atoms with van der Waals surface area (Å²) in [7, 11) is 1.28. The number of carbonyl (C=O) groups excluding carboxylic acids is 2. The summed E-state index contributed by atoms with van der Waals surface area (Å²) in [6.07, 6.45) is 3.52. The lowest BCUT2D eigenvalue weighted by atomic mass is 9.89. The highest BCUT2D eigenvalue weighted by Crippen LogP contribution is 2.39. The molecule has 26 heavy (non-hydrogen) atoms. The van der Waals surface area contributed by atoms with Crippen LogP contribution in [-0.2, 0) is 23.7 Å². The van der Waals surface area contributed by atoms with Gasteiger partial charge in [-0.15, -0.1) is 0 Å². The lowest BCUT2D eigenvalue weighted by molar-refractivity contribution is -0.257. The molecular weight excluding hydrogens is 336 g/mol. The average molecular weight is 360 g/mol. The van der Waals surface area contributed by atoms with Gasteiger partial charge in [-0.2, -0.15) is 0 Å². The zero-order chi connectivity index (χ0) is 18.6. The minimum Gasteiger partial charge on any atom is -0.469 e. The predicted octanol–water partition coefficient (Wildman–Crippen LogP) is 3.22. The van der Waals surface area contributed by atoms with E-state index < -0.39 is 23.8 Å². The normalized spacial score (nSPS) is 28.0. The van der Waals surface area contributed by atoms with E-state index in [0.717, 1.165) is 12.8 Å². The van der Waals surface area contributed by atoms with Gasteiger partial charge in [-0.05, 0) is 24.5 Å². The lowest BCUT2D eigenvalue weighted by Gasteiger charge is -2.43. The van der Waals surface area contributed by atoms with Gasteiger partial charge in [0.05, 0.1) is 25.7 Å². The van der Waals surface area contributed by atoms with Gasteiger partial charge < -0.3 is 18.9 Å². The van der Waals surface area contributed by atoms with Gasteiger partial charge in [-0.1, -0.05) is 31.5 Å². The predicted molar refractivity (Wildman–Crippen MR) is 93.1 cm³/mol. The maximum Gasteiger partial charge on any atom is 0.340 e. The van der Waals surface area contributed by atoms with Crippen molar-refractivity contribution in [2.24, 2.45) is 5.92 Å². The minimum absolute atomic E-state index is 0.184. The van der Waals surface area contributed by atoms with Crippen LogP contribution in [0.3, 0.4) is 0 Å². The van der Waals surface area contributed by atoms with Crippen molar-refractivity contribution in [3.63, 3.8) is 0 Å². The highest BCUT2D eigenvalue weighted by molar-refractivity contribution is 5.92. The second kappa shape index (κ2) is 7.91. The molecule has 1 spiro atoms. The third-order valence-corrected chi connectivity index (χ3v) is 5.02. The summed E-state index contributed by atoms with van der Waals surface area (Å²) < 4.78 is 22.2. The van der Waals surface area contributed by atoms with Crippen LogP contribution in [-0.4, -0.2) is 37.5 Å². The van der Waals surface area contributed by atoms with E-state index in [2.05, 4.69) is 6.92 Å². The van der Waals surface area contributed by atoms with Gasteiger partial charge in [0.1, 0.15) is 17.9 Å². The molecule has 0 saturated carbocycles. The summed E-state index contributed by atoms with van der Waals surface area (Å²) in [5.74, 6) is -1.43. The molecule has 3 rings (SSSR count). The van der Waals surface area contributed by atoms with Crippen molar-refractivity contribution in [2.75, 3.05) is 13.7 Å². The van der Waals surface area contributed by atoms with Crippen LogP contribution in [0.2, 0.25) is 0 Å². The van der Waals surface area contributed by atoms with Crippen molar-refractivity contribution in [3.05, 3.63) is 47.7 Å². The second-order valence-electron chi connectivity index (χ2n) is 6.68. The first-order chi connectivity index (χ1) is 12.6. The third kappa shape index (κ3) is 3.90. The monoisotopic (exact) mass is 360 g/mol. The van der Waals surface area contributed by atoms with E-state index in [4.69, 9.17) is 18.9 Å². The summed E-state index contributed by atoms with van der Waals surface area (Å²) >= 11 is 0. The van der Waals surface area contributed by atoms with Gasteiger partial charge >= 0.3 is 11.9 Å². The molecule has 0 radical (unpaired) electrons. The maximum absolute atomic E-state index is 12.5. The summed E-state index contributed by atoms with van der Waals surface area (Å²) in [5.41, 5.74) is 0.608. The maximum atomic E-state index is 12.5. The van der Waals surface area contributed by atoms with Gasteiger partial charge in [0, 0.05) is 6.42 Å². The van der Waals surface area contributed by atoms with Crippen molar-refractivity contribution in [1.82, 2.24) is 0 Å². The second-order valence-corrected chi connectivity index (χ2v) is 6.68. The minimum atomic E-state index is -0.856. The number of carbonyl (C=O) groups is 2. The van der Waals surface area contributed by atoms with Crippen LogP contribution in [0.5, 0.6) is 0 Å². The largest absolute Gasteiger partial charge is 0.469 e. The molecule has 0 N–H and O–H groups in total. The smallest absolute Gasteiger partial charge is 0.340 e. The Morgan fingerprint density at radius 1 is 1.23 bits per heavy atom. The van der Waals surface area contributed by atoms with Crippen LogP contribution in [0.15, 0.2) is 42.2 Å². The fraction of sp³-hybridized carbons (Fsp3) is 0.500. The molecule has 0 unspecified atom stereocenters. The average Bonchev–Trinajstić information content (AvgIpc) is 2.69. The Balaban J connectivity index is 1.78. The summed E-state index contributed by atoms with van der Waals surface area (Å²) in [6.45, 7) is 2.73. The molecule has 6 heteroatoms. The van der Waals surface area contributed by atoms with E-state index in [1.165, 1.54) is 13.4 Å². The van der Waals surface area contributed by atoms with Crippen LogP contribution in [0.4, 0.5) is 0 Å². The van der Waals surface area contributed by atoms with Crippen LogP contribution in [0, 0.1) is 5.92 Å². The molecule has 2 aliphatic rings. The summed E-state index contributed by atoms with van der Waals surface area (Å²) in [4.78, 5) is 24.5. The Hall–Kier alpha value is -2.34. The summed E-state index contributed by atoms with van der Waals surface area (Å²) in [6, 6.07) is 8.67. The highest BCUT2D eigenvalue weighted by atomic mass is 16.7. The van der Waals surface area contributed by atoms with Crippen molar-refractivity contribution in [1.29, 1.82) is 0 Å². The van der Waals surface area contributed by atoms with E-state index in [1.54, 1.807) is 24.3 Å². The van der Waals surface area contributed by atoms with Gasteiger partial charge in [0.2, 0.25) is 5.79 Å². The third-order valence-electron chi connectivity index (χ3n) is 5.02. The standard InChI is InChI=1S/C20H24O6/c1-3-14-9-10-20(24-12-14)11-17(16(13-25-20)19(22)23-2)26-18(21)15-7-5-4-6-8-15/h4-8,13-14,17H,3,9-12H2,1-2H3/t14-,17+,20+/m1/s1. The number of ether oxygens (including phenoxy) is 4. The fourth-order valence-corrected chi connectivity index (χ4v) is 3.29. The Labute approximate surface area is 153 Å². The van der Waals surface area contributed by atoms with E-state index in [-0.39, 0.29) is 12.0 Å². The molecule has 0 aromatic heterocycles. The number of benzene rings is 1. The van der Waals surface area contributed by atoms with Crippen molar-refractivity contribution >= 4 is 11.9 Å². The van der Waals surface area contributed by atoms with Crippen LogP contribution in [0.1, 0.15) is 43.0 Å². The van der Waals surface area contributed by atoms with Gasteiger partial charge in [0.15, 0.2) is 0 Å². The van der Waals surface area contributed by atoms with Crippen molar-refractivity contribution in [3.8, 4) is 0 Å². The first-order valence-electron chi connectivity index (χ1n) is 8.93. The number of methoxy groups -OCH3 is 1. The van der Waals surface area contributed by atoms with Crippen LogP contribution >= 0.6 is 0 Å². The zero-order valence-corrected chi connectivity index (χ0v) is 15.1. The molecule has 6 nitrogen and oxygen atoms in total. The molecule has 1 aromatic rings. The molecule has 1 saturated heterocycles. The molecule has 2 aliphatic heterocycles. The van der Waals surface area contributed by atoms with Gasteiger partial charge in [-0.25, -0.2) is 9.59 Å². The van der Waals surface area contributed by atoms with Crippen LogP contribution in [0.25, 0.3) is 0 Å². The van der Waals surface area contributed by atoms with Crippen molar-refractivity contribution in [2.45, 2.75) is 44.5 Å². The Morgan fingerprint density at radius 2 is 2.00 bits per heavy atom. The SMILES string of the molecule is CC[C@@H]1CC[C@]2(C[C@H](OC(=O)c3ccccc3)C(C(=O)OC)=CO2)OC1. The van der Waals surface area contributed by atoms with Gasteiger partial charge in [-0.3, -0.25) is 0 Å².